The Hall–Kier alpha value is -3.41. The third kappa shape index (κ3) is 5.81. The first-order chi connectivity index (χ1) is 13.1. The van der Waals surface area contributed by atoms with E-state index in [0.29, 0.717) is 24.0 Å². The SMILES string of the molecule is CC(C)CC(=O)Nc1ccc(Nc2ccc(Oc3ccccc3)cc2)nn1. The van der Waals surface area contributed by atoms with E-state index in [2.05, 4.69) is 20.8 Å². The molecule has 3 aromatic rings. The van der Waals surface area contributed by atoms with Crippen molar-refractivity contribution in [3.63, 3.8) is 0 Å². The first-order valence-electron chi connectivity index (χ1n) is 8.82. The van der Waals surface area contributed by atoms with Gasteiger partial charge in [0.15, 0.2) is 11.6 Å². The zero-order valence-electron chi connectivity index (χ0n) is 15.3. The van der Waals surface area contributed by atoms with Crippen molar-refractivity contribution >= 4 is 23.2 Å². The van der Waals surface area contributed by atoms with Gasteiger partial charge in [-0.2, -0.15) is 0 Å². The van der Waals surface area contributed by atoms with Gasteiger partial charge in [0.2, 0.25) is 5.91 Å². The molecule has 0 radical (unpaired) electrons. The highest BCUT2D eigenvalue weighted by Crippen LogP contribution is 2.24. The number of nitrogens with one attached hydrogen (secondary N) is 2. The van der Waals surface area contributed by atoms with Crippen LogP contribution in [-0.4, -0.2) is 16.1 Å². The number of nitrogens with zero attached hydrogens (tertiary/aromatic N) is 2. The number of carbonyl (C=O) groups is 1. The van der Waals surface area contributed by atoms with E-state index in [9.17, 15) is 4.79 Å². The fraction of sp³-hybridized carbons (Fsp3) is 0.190. The Morgan fingerprint density at radius 3 is 2.15 bits per heavy atom. The average Bonchev–Trinajstić information content (AvgIpc) is 2.65. The molecule has 0 spiro atoms. The fourth-order valence-corrected chi connectivity index (χ4v) is 2.41. The number of carbonyl (C=O) groups excluding carboxylic acids is 1. The third-order valence-corrected chi connectivity index (χ3v) is 3.63. The van der Waals surface area contributed by atoms with Crippen LogP contribution in [-0.2, 0) is 4.79 Å². The second-order valence-corrected chi connectivity index (χ2v) is 6.51. The Bertz CT molecular complexity index is 863. The number of para-hydroxylation sites is 1. The summed E-state index contributed by atoms with van der Waals surface area (Å²) >= 11 is 0. The number of hydrogen-bond donors (Lipinski definition) is 2. The monoisotopic (exact) mass is 362 g/mol. The summed E-state index contributed by atoms with van der Waals surface area (Å²) in [6, 6.07) is 20.7. The van der Waals surface area contributed by atoms with Crippen LogP contribution in [0.2, 0.25) is 0 Å². The van der Waals surface area contributed by atoms with Crippen LogP contribution in [0.4, 0.5) is 17.3 Å². The van der Waals surface area contributed by atoms with Crippen LogP contribution in [0.5, 0.6) is 11.5 Å². The molecule has 6 heteroatoms. The van der Waals surface area contributed by atoms with Crippen molar-refractivity contribution in [2.24, 2.45) is 5.92 Å². The molecule has 0 saturated carbocycles. The highest BCUT2D eigenvalue weighted by Gasteiger charge is 2.07. The maximum atomic E-state index is 11.8. The number of hydrogen-bond acceptors (Lipinski definition) is 5. The van der Waals surface area contributed by atoms with Gasteiger partial charge in [-0.25, -0.2) is 0 Å². The highest BCUT2D eigenvalue weighted by molar-refractivity contribution is 5.89. The minimum atomic E-state index is -0.0611. The fourth-order valence-electron chi connectivity index (χ4n) is 2.41. The van der Waals surface area contributed by atoms with Crippen molar-refractivity contribution in [3.8, 4) is 11.5 Å². The Kier molecular flexibility index (Phi) is 5.99. The summed E-state index contributed by atoms with van der Waals surface area (Å²) in [6.07, 6.45) is 0.457. The van der Waals surface area contributed by atoms with Crippen molar-refractivity contribution in [3.05, 3.63) is 66.7 Å². The Balaban J connectivity index is 1.56. The third-order valence-electron chi connectivity index (χ3n) is 3.63. The molecule has 2 N–H and O–H groups in total. The van der Waals surface area contributed by atoms with E-state index in [0.717, 1.165) is 17.2 Å². The number of amides is 1. The summed E-state index contributed by atoms with van der Waals surface area (Å²) < 4.78 is 5.77. The van der Waals surface area contributed by atoms with Gasteiger partial charge in [0, 0.05) is 12.1 Å². The van der Waals surface area contributed by atoms with E-state index in [1.807, 2.05) is 68.4 Å². The van der Waals surface area contributed by atoms with Crippen molar-refractivity contribution in [2.45, 2.75) is 20.3 Å². The maximum Gasteiger partial charge on any atom is 0.225 e. The Morgan fingerprint density at radius 2 is 1.52 bits per heavy atom. The summed E-state index contributed by atoms with van der Waals surface area (Å²) in [4.78, 5) is 11.8. The zero-order valence-corrected chi connectivity index (χ0v) is 15.3. The molecule has 138 valence electrons. The first-order valence-corrected chi connectivity index (χ1v) is 8.82. The van der Waals surface area contributed by atoms with Crippen LogP contribution in [0, 0.1) is 5.92 Å². The van der Waals surface area contributed by atoms with E-state index in [1.54, 1.807) is 12.1 Å². The predicted molar refractivity (Wildman–Crippen MR) is 106 cm³/mol. The van der Waals surface area contributed by atoms with Crippen molar-refractivity contribution in [1.29, 1.82) is 0 Å². The van der Waals surface area contributed by atoms with E-state index < -0.39 is 0 Å². The van der Waals surface area contributed by atoms with Crippen LogP contribution >= 0.6 is 0 Å². The average molecular weight is 362 g/mol. The molecule has 27 heavy (non-hydrogen) atoms. The van der Waals surface area contributed by atoms with Crippen molar-refractivity contribution < 1.29 is 9.53 Å². The molecule has 3 rings (SSSR count). The molecule has 0 atom stereocenters. The standard InChI is InChI=1S/C21H22N4O2/c1-15(2)14-21(26)23-20-13-12-19(24-25-20)22-16-8-10-18(11-9-16)27-17-6-4-3-5-7-17/h3-13,15H,14H2,1-2H3,(H,22,24)(H,23,25,26). The lowest BCUT2D eigenvalue weighted by atomic mass is 10.1. The number of rotatable bonds is 7. The molecular formula is C21H22N4O2. The summed E-state index contributed by atoms with van der Waals surface area (Å²) in [5, 5.41) is 14.0. The molecular weight excluding hydrogens is 340 g/mol. The molecule has 0 unspecified atom stereocenters. The largest absolute Gasteiger partial charge is 0.457 e. The summed E-state index contributed by atoms with van der Waals surface area (Å²) in [5.74, 6) is 2.81. The lowest BCUT2D eigenvalue weighted by molar-refractivity contribution is -0.116. The predicted octanol–water partition coefficient (Wildman–Crippen LogP) is 5.00. The highest BCUT2D eigenvalue weighted by atomic mass is 16.5. The van der Waals surface area contributed by atoms with E-state index in [1.165, 1.54) is 0 Å². The molecule has 0 saturated heterocycles. The van der Waals surface area contributed by atoms with Gasteiger partial charge in [-0.05, 0) is 54.4 Å². The number of benzene rings is 2. The number of aromatic nitrogens is 2. The lowest BCUT2D eigenvalue weighted by Crippen LogP contribution is -2.15. The molecule has 2 aromatic carbocycles. The molecule has 0 aliphatic heterocycles. The molecule has 0 aliphatic rings. The molecule has 6 nitrogen and oxygen atoms in total. The van der Waals surface area contributed by atoms with Gasteiger partial charge in [-0.3, -0.25) is 4.79 Å². The van der Waals surface area contributed by atoms with E-state index in [4.69, 9.17) is 4.74 Å². The second-order valence-electron chi connectivity index (χ2n) is 6.51. The van der Waals surface area contributed by atoms with Crippen LogP contribution < -0.4 is 15.4 Å². The van der Waals surface area contributed by atoms with E-state index in [-0.39, 0.29) is 5.91 Å². The molecule has 0 aliphatic carbocycles. The minimum absolute atomic E-state index is 0.0611. The van der Waals surface area contributed by atoms with Gasteiger partial charge in [-0.1, -0.05) is 32.0 Å². The van der Waals surface area contributed by atoms with Crippen LogP contribution in [0.15, 0.2) is 66.7 Å². The summed E-state index contributed by atoms with van der Waals surface area (Å²) in [5.41, 5.74) is 0.862. The van der Waals surface area contributed by atoms with Gasteiger partial charge < -0.3 is 15.4 Å². The van der Waals surface area contributed by atoms with Crippen molar-refractivity contribution in [1.82, 2.24) is 10.2 Å². The van der Waals surface area contributed by atoms with Gasteiger partial charge in [0.25, 0.3) is 0 Å². The van der Waals surface area contributed by atoms with Gasteiger partial charge in [0.1, 0.15) is 11.5 Å². The maximum absolute atomic E-state index is 11.8. The second kappa shape index (κ2) is 8.80. The van der Waals surface area contributed by atoms with Crippen LogP contribution in [0.3, 0.4) is 0 Å². The van der Waals surface area contributed by atoms with Gasteiger partial charge in [-0.15, -0.1) is 10.2 Å². The molecule has 1 heterocycles. The van der Waals surface area contributed by atoms with Crippen molar-refractivity contribution in [2.75, 3.05) is 10.6 Å². The molecule has 1 aromatic heterocycles. The van der Waals surface area contributed by atoms with E-state index >= 15 is 0 Å². The summed E-state index contributed by atoms with van der Waals surface area (Å²) in [7, 11) is 0. The molecule has 0 fully saturated rings. The molecule has 1 amide bonds. The lowest BCUT2D eigenvalue weighted by Gasteiger charge is -2.09. The Morgan fingerprint density at radius 1 is 0.889 bits per heavy atom. The molecule has 0 bridgehead atoms. The first kappa shape index (κ1) is 18.4. The zero-order chi connectivity index (χ0) is 19.1. The summed E-state index contributed by atoms with van der Waals surface area (Å²) in [6.45, 7) is 3.99. The Labute approximate surface area is 158 Å². The van der Waals surface area contributed by atoms with Gasteiger partial charge in [0.05, 0.1) is 0 Å². The minimum Gasteiger partial charge on any atom is -0.457 e. The van der Waals surface area contributed by atoms with Crippen LogP contribution in [0.1, 0.15) is 20.3 Å². The number of anilines is 3. The number of ether oxygens (including phenoxy) is 1. The quantitative estimate of drug-likeness (QED) is 0.619. The van der Waals surface area contributed by atoms with Gasteiger partial charge >= 0.3 is 0 Å². The van der Waals surface area contributed by atoms with Crippen LogP contribution in [0.25, 0.3) is 0 Å². The smallest absolute Gasteiger partial charge is 0.225 e. The normalized spacial score (nSPS) is 10.5. The topological polar surface area (TPSA) is 76.1 Å².